The van der Waals surface area contributed by atoms with E-state index in [1.807, 2.05) is 6.92 Å². The third kappa shape index (κ3) is 5.97. The fourth-order valence-electron chi connectivity index (χ4n) is 2.47. The molecule has 0 aliphatic rings. The Hall–Kier alpha value is -2.05. The van der Waals surface area contributed by atoms with Gasteiger partial charge >= 0.3 is 5.97 Å². The van der Waals surface area contributed by atoms with Crippen molar-refractivity contribution in [3.63, 3.8) is 0 Å². The second-order valence-electron chi connectivity index (χ2n) is 7.26. The number of esters is 1. The molecule has 0 saturated heterocycles. The first-order chi connectivity index (χ1) is 12.4. The third-order valence-electron chi connectivity index (χ3n) is 3.63. The van der Waals surface area contributed by atoms with Crippen LogP contribution in [0.1, 0.15) is 26.3 Å². The van der Waals surface area contributed by atoms with Crippen molar-refractivity contribution in [1.29, 1.82) is 0 Å². The van der Waals surface area contributed by atoms with E-state index in [4.69, 9.17) is 21.1 Å². The molecule has 7 heteroatoms. The molecule has 0 aliphatic heterocycles. The monoisotopic (exact) mass is 410 g/mol. The second kappa shape index (κ2) is 7.90. The number of hydrogen-bond donors (Lipinski definition) is 0. The molecule has 0 fully saturated rings. The van der Waals surface area contributed by atoms with Gasteiger partial charge < -0.3 is 9.47 Å². The van der Waals surface area contributed by atoms with Gasteiger partial charge in [0.2, 0.25) is 0 Å². The number of carbonyl (C=O) groups is 1. The van der Waals surface area contributed by atoms with E-state index in [-0.39, 0.29) is 11.5 Å². The Balaban J connectivity index is 2.41. The van der Waals surface area contributed by atoms with E-state index in [2.05, 4.69) is 0 Å². The first-order valence-electron chi connectivity index (χ1n) is 8.32. The van der Waals surface area contributed by atoms with Crippen molar-refractivity contribution in [1.82, 2.24) is 0 Å². The highest BCUT2D eigenvalue weighted by atomic mass is 35.5. The van der Waals surface area contributed by atoms with Gasteiger partial charge in [-0.25, -0.2) is 13.2 Å². The SMILES string of the molecule is Cc1ccc(S(C)(=O)=O)cc1-c1cc(Cl)ccc1OCC(=O)OC(C)(C)C. The number of benzene rings is 2. The summed E-state index contributed by atoms with van der Waals surface area (Å²) in [5.41, 5.74) is 1.52. The van der Waals surface area contributed by atoms with Crippen molar-refractivity contribution in [2.75, 3.05) is 12.9 Å². The first-order valence-corrected chi connectivity index (χ1v) is 10.6. The van der Waals surface area contributed by atoms with Crippen LogP contribution in [0.15, 0.2) is 41.3 Å². The molecule has 0 saturated carbocycles. The number of sulfone groups is 1. The van der Waals surface area contributed by atoms with Crippen LogP contribution in [0, 0.1) is 6.92 Å². The van der Waals surface area contributed by atoms with Gasteiger partial charge in [0.25, 0.3) is 0 Å². The molecule has 146 valence electrons. The topological polar surface area (TPSA) is 69.7 Å². The molecule has 5 nitrogen and oxygen atoms in total. The van der Waals surface area contributed by atoms with Crippen molar-refractivity contribution in [3.8, 4) is 16.9 Å². The number of rotatable bonds is 5. The van der Waals surface area contributed by atoms with Gasteiger partial charge in [-0.3, -0.25) is 0 Å². The smallest absolute Gasteiger partial charge is 0.344 e. The van der Waals surface area contributed by atoms with Crippen molar-refractivity contribution < 1.29 is 22.7 Å². The average Bonchev–Trinajstić information content (AvgIpc) is 2.51. The fourth-order valence-corrected chi connectivity index (χ4v) is 3.29. The molecule has 0 heterocycles. The zero-order chi connectivity index (χ0) is 20.4. The van der Waals surface area contributed by atoms with Crippen LogP contribution in [0.3, 0.4) is 0 Å². The molecular formula is C20H23ClO5S. The summed E-state index contributed by atoms with van der Waals surface area (Å²) in [6.07, 6.45) is 1.15. The summed E-state index contributed by atoms with van der Waals surface area (Å²) in [4.78, 5) is 12.1. The lowest BCUT2D eigenvalue weighted by Crippen LogP contribution is -2.27. The fraction of sp³-hybridized carbons (Fsp3) is 0.350. The van der Waals surface area contributed by atoms with E-state index in [0.29, 0.717) is 21.9 Å². The number of hydrogen-bond acceptors (Lipinski definition) is 5. The van der Waals surface area contributed by atoms with Gasteiger partial charge in [-0.05, 0) is 69.2 Å². The summed E-state index contributed by atoms with van der Waals surface area (Å²) in [6.45, 7) is 6.92. The van der Waals surface area contributed by atoms with E-state index in [9.17, 15) is 13.2 Å². The molecule has 0 bridgehead atoms. The summed E-state index contributed by atoms with van der Waals surface area (Å²) in [6, 6.07) is 9.83. The Kier molecular flexibility index (Phi) is 6.22. The van der Waals surface area contributed by atoms with Crippen molar-refractivity contribution >= 4 is 27.4 Å². The van der Waals surface area contributed by atoms with Gasteiger partial charge in [0, 0.05) is 16.8 Å². The summed E-state index contributed by atoms with van der Waals surface area (Å²) < 4.78 is 34.7. The quantitative estimate of drug-likeness (QED) is 0.681. The van der Waals surface area contributed by atoms with E-state index in [1.165, 1.54) is 0 Å². The third-order valence-corrected chi connectivity index (χ3v) is 4.98. The van der Waals surface area contributed by atoms with Crippen LogP contribution in [0.2, 0.25) is 5.02 Å². The molecular weight excluding hydrogens is 388 g/mol. The Morgan fingerprint density at radius 1 is 1.07 bits per heavy atom. The van der Waals surface area contributed by atoms with Crippen molar-refractivity contribution in [2.45, 2.75) is 38.2 Å². The maximum absolute atomic E-state index is 11.9. The van der Waals surface area contributed by atoms with Gasteiger partial charge in [0.15, 0.2) is 16.4 Å². The minimum atomic E-state index is -3.37. The molecule has 2 rings (SSSR count). The average molecular weight is 411 g/mol. The predicted molar refractivity (Wildman–Crippen MR) is 106 cm³/mol. The van der Waals surface area contributed by atoms with E-state index >= 15 is 0 Å². The number of carbonyl (C=O) groups excluding carboxylic acids is 1. The predicted octanol–water partition coefficient (Wildman–Crippen LogP) is 4.44. The molecule has 0 aromatic heterocycles. The highest BCUT2D eigenvalue weighted by molar-refractivity contribution is 7.90. The lowest BCUT2D eigenvalue weighted by Gasteiger charge is -2.20. The van der Waals surface area contributed by atoms with Crippen molar-refractivity contribution in [3.05, 3.63) is 47.0 Å². The maximum Gasteiger partial charge on any atom is 0.344 e. The Morgan fingerprint density at radius 2 is 1.74 bits per heavy atom. The molecule has 0 unspecified atom stereocenters. The van der Waals surface area contributed by atoms with Crippen LogP contribution < -0.4 is 4.74 Å². The van der Waals surface area contributed by atoms with Crippen LogP contribution in [0.25, 0.3) is 11.1 Å². The molecule has 0 atom stereocenters. The van der Waals surface area contributed by atoms with Gasteiger partial charge in [-0.15, -0.1) is 0 Å². The van der Waals surface area contributed by atoms with Gasteiger partial charge in [-0.1, -0.05) is 17.7 Å². The van der Waals surface area contributed by atoms with E-state index in [1.54, 1.807) is 57.2 Å². The van der Waals surface area contributed by atoms with Gasteiger partial charge in [-0.2, -0.15) is 0 Å². The Morgan fingerprint density at radius 3 is 2.33 bits per heavy atom. The Bertz CT molecular complexity index is 959. The van der Waals surface area contributed by atoms with Gasteiger partial charge in [0.1, 0.15) is 11.4 Å². The minimum Gasteiger partial charge on any atom is -0.481 e. The zero-order valence-electron chi connectivity index (χ0n) is 16.0. The van der Waals surface area contributed by atoms with Gasteiger partial charge in [0.05, 0.1) is 4.90 Å². The Labute approximate surface area is 165 Å². The summed E-state index contributed by atoms with van der Waals surface area (Å²) >= 11 is 6.13. The van der Waals surface area contributed by atoms with Crippen LogP contribution in [0.4, 0.5) is 0 Å². The molecule has 0 amide bonds. The van der Waals surface area contributed by atoms with Crippen molar-refractivity contribution in [2.24, 2.45) is 0 Å². The van der Waals surface area contributed by atoms with Crippen LogP contribution in [-0.4, -0.2) is 32.9 Å². The number of aryl methyl sites for hydroxylation is 1. The van der Waals surface area contributed by atoms with E-state index in [0.717, 1.165) is 11.8 Å². The molecule has 0 aliphatic carbocycles. The summed E-state index contributed by atoms with van der Waals surface area (Å²) in [5, 5.41) is 0.471. The molecule has 0 radical (unpaired) electrons. The lowest BCUT2D eigenvalue weighted by atomic mass is 10.00. The highest BCUT2D eigenvalue weighted by Gasteiger charge is 2.18. The largest absolute Gasteiger partial charge is 0.481 e. The van der Waals surface area contributed by atoms with Crippen LogP contribution in [0.5, 0.6) is 5.75 Å². The standard InChI is InChI=1S/C20H23ClO5S/c1-13-6-8-15(27(5,23)24)11-16(13)17-10-14(21)7-9-18(17)25-12-19(22)26-20(2,3)4/h6-11H,12H2,1-5H3. The van der Waals surface area contributed by atoms with Crippen LogP contribution >= 0.6 is 11.6 Å². The van der Waals surface area contributed by atoms with E-state index < -0.39 is 21.4 Å². The molecule has 0 spiro atoms. The molecule has 0 N–H and O–H groups in total. The molecule has 2 aromatic rings. The minimum absolute atomic E-state index is 0.196. The summed E-state index contributed by atoms with van der Waals surface area (Å²) in [7, 11) is -3.37. The second-order valence-corrected chi connectivity index (χ2v) is 9.72. The number of halogens is 1. The molecule has 27 heavy (non-hydrogen) atoms. The first kappa shape index (κ1) is 21.3. The zero-order valence-corrected chi connectivity index (χ0v) is 17.6. The maximum atomic E-state index is 11.9. The normalized spacial score (nSPS) is 11.9. The van der Waals surface area contributed by atoms with Crippen LogP contribution in [-0.2, 0) is 19.4 Å². The lowest BCUT2D eigenvalue weighted by molar-refractivity contribution is -0.157. The summed E-state index contributed by atoms with van der Waals surface area (Å²) in [5.74, 6) is -0.0796. The molecule has 2 aromatic carbocycles. The highest BCUT2D eigenvalue weighted by Crippen LogP contribution is 2.36. The number of ether oxygens (including phenoxy) is 2.